The maximum Gasteiger partial charge on any atom is 0.213 e. The summed E-state index contributed by atoms with van der Waals surface area (Å²) < 4.78 is 5.95. The van der Waals surface area contributed by atoms with Crippen LogP contribution in [0.4, 0.5) is 0 Å². The van der Waals surface area contributed by atoms with E-state index in [-0.39, 0.29) is 0 Å². The van der Waals surface area contributed by atoms with Crippen molar-refractivity contribution in [1.82, 2.24) is 19.9 Å². The molecule has 3 heterocycles. The minimum Gasteiger partial charge on any atom is -0.478 e. The molecule has 1 saturated heterocycles. The van der Waals surface area contributed by atoms with Gasteiger partial charge in [0.2, 0.25) is 5.88 Å². The third-order valence-electron chi connectivity index (χ3n) is 6.60. The molecule has 0 radical (unpaired) electrons. The monoisotopic (exact) mass is 406 g/mol. The van der Waals surface area contributed by atoms with Crippen molar-refractivity contribution in [2.45, 2.75) is 52.9 Å². The molecule has 1 aliphatic heterocycles. The Hall–Kier alpha value is -2.40. The molecule has 1 fully saturated rings. The van der Waals surface area contributed by atoms with Gasteiger partial charge in [-0.25, -0.2) is 9.97 Å². The van der Waals surface area contributed by atoms with E-state index >= 15 is 0 Å². The van der Waals surface area contributed by atoms with Gasteiger partial charge in [-0.15, -0.1) is 0 Å². The summed E-state index contributed by atoms with van der Waals surface area (Å²) in [4.78, 5) is 15.2. The highest BCUT2D eigenvalue weighted by Crippen LogP contribution is 2.26. The molecule has 0 spiro atoms. The molecule has 0 bridgehead atoms. The molecule has 1 aromatic carbocycles. The number of likely N-dealkylation sites (tertiary alicyclic amines) is 1. The lowest BCUT2D eigenvalue weighted by Gasteiger charge is -2.30. The minimum atomic E-state index is 0.678. The average Bonchev–Trinajstić information content (AvgIpc) is 3.22. The van der Waals surface area contributed by atoms with E-state index in [0.717, 1.165) is 41.4 Å². The fourth-order valence-electron chi connectivity index (χ4n) is 4.39. The Kier molecular flexibility index (Phi) is 6.68. The summed E-state index contributed by atoms with van der Waals surface area (Å²) in [5, 5.41) is 0. The third kappa shape index (κ3) is 4.84. The number of pyridine rings is 1. The van der Waals surface area contributed by atoms with Crippen molar-refractivity contribution >= 4 is 11.0 Å². The number of ether oxygens (including phenoxy) is 1. The van der Waals surface area contributed by atoms with Gasteiger partial charge >= 0.3 is 0 Å². The quantitative estimate of drug-likeness (QED) is 0.500. The second kappa shape index (κ2) is 9.61. The van der Waals surface area contributed by atoms with Crippen molar-refractivity contribution < 1.29 is 4.74 Å². The molecule has 0 unspecified atom stereocenters. The summed E-state index contributed by atoms with van der Waals surface area (Å²) in [6.07, 6.45) is 8.16. The average molecular weight is 407 g/mol. The number of nitrogens with one attached hydrogen (secondary N) is 1. The number of unbranched alkanes of at least 4 members (excludes halogenated alkanes) is 1. The van der Waals surface area contributed by atoms with E-state index in [9.17, 15) is 0 Å². The van der Waals surface area contributed by atoms with E-state index in [1.54, 1.807) is 6.20 Å². The highest BCUT2D eigenvalue weighted by atomic mass is 16.5. The number of rotatable bonds is 8. The zero-order chi connectivity index (χ0) is 20.9. The largest absolute Gasteiger partial charge is 0.478 e. The zero-order valence-electron chi connectivity index (χ0n) is 18.6. The van der Waals surface area contributed by atoms with Gasteiger partial charge in [-0.05, 0) is 88.3 Å². The fourth-order valence-corrected chi connectivity index (χ4v) is 4.39. The van der Waals surface area contributed by atoms with E-state index in [2.05, 4.69) is 47.8 Å². The van der Waals surface area contributed by atoms with Crippen LogP contribution in [0.5, 0.6) is 5.88 Å². The Morgan fingerprint density at radius 3 is 2.77 bits per heavy atom. The molecular formula is C25H34N4O. The van der Waals surface area contributed by atoms with E-state index in [4.69, 9.17) is 9.72 Å². The van der Waals surface area contributed by atoms with E-state index in [0.29, 0.717) is 5.88 Å². The van der Waals surface area contributed by atoms with Crippen molar-refractivity contribution in [3.63, 3.8) is 0 Å². The SMILES string of the molecule is CCN1CCC(CCCCOc2cc(-c3nc4c(C)c(C)ccc4[nH]3)ccn2)CC1. The number of fused-ring (bicyclic) bond motifs is 1. The number of aromatic nitrogens is 3. The number of aryl methyl sites for hydroxylation is 2. The molecular weight excluding hydrogens is 372 g/mol. The molecule has 1 aliphatic rings. The van der Waals surface area contributed by atoms with Crippen molar-refractivity contribution in [3.05, 3.63) is 41.6 Å². The second-order valence-corrected chi connectivity index (χ2v) is 8.59. The molecule has 160 valence electrons. The van der Waals surface area contributed by atoms with Crippen LogP contribution in [0.15, 0.2) is 30.5 Å². The van der Waals surface area contributed by atoms with Crippen molar-refractivity contribution in [1.29, 1.82) is 0 Å². The van der Waals surface area contributed by atoms with Crippen LogP contribution >= 0.6 is 0 Å². The van der Waals surface area contributed by atoms with Gasteiger partial charge < -0.3 is 14.6 Å². The van der Waals surface area contributed by atoms with Gasteiger partial charge in [0.05, 0.1) is 17.6 Å². The van der Waals surface area contributed by atoms with Gasteiger partial charge in [-0.3, -0.25) is 0 Å². The van der Waals surface area contributed by atoms with Crippen molar-refractivity contribution in [3.8, 4) is 17.3 Å². The van der Waals surface area contributed by atoms with Crippen LogP contribution in [0.25, 0.3) is 22.4 Å². The summed E-state index contributed by atoms with van der Waals surface area (Å²) in [6.45, 7) is 11.0. The predicted octanol–water partition coefficient (Wildman–Crippen LogP) is 5.52. The van der Waals surface area contributed by atoms with E-state index < -0.39 is 0 Å². The van der Waals surface area contributed by atoms with Gasteiger partial charge in [-0.1, -0.05) is 19.4 Å². The van der Waals surface area contributed by atoms with E-state index in [1.807, 2.05) is 12.1 Å². The Bertz CT molecular complexity index is 972. The normalized spacial score (nSPS) is 15.7. The summed E-state index contributed by atoms with van der Waals surface area (Å²) in [7, 11) is 0. The summed E-state index contributed by atoms with van der Waals surface area (Å²) >= 11 is 0. The second-order valence-electron chi connectivity index (χ2n) is 8.59. The molecule has 0 aliphatic carbocycles. The number of hydrogen-bond donors (Lipinski definition) is 1. The van der Waals surface area contributed by atoms with Gasteiger partial charge in [0.1, 0.15) is 5.82 Å². The van der Waals surface area contributed by atoms with Crippen LogP contribution in [-0.4, -0.2) is 46.1 Å². The van der Waals surface area contributed by atoms with Crippen molar-refractivity contribution in [2.75, 3.05) is 26.2 Å². The Balaban J connectivity index is 1.28. The summed E-state index contributed by atoms with van der Waals surface area (Å²) in [6, 6.07) is 8.20. The number of aromatic amines is 1. The maximum atomic E-state index is 5.95. The molecule has 0 amide bonds. The highest BCUT2D eigenvalue weighted by Gasteiger charge is 2.17. The lowest BCUT2D eigenvalue weighted by molar-refractivity contribution is 0.182. The Labute approximate surface area is 179 Å². The van der Waals surface area contributed by atoms with E-state index in [1.165, 1.54) is 56.4 Å². The zero-order valence-corrected chi connectivity index (χ0v) is 18.6. The standard InChI is InChI=1S/C25H34N4O/c1-4-29-14-11-20(12-15-29)7-5-6-16-30-23-17-21(10-13-26-23)25-27-22-9-8-18(2)19(3)24(22)28-25/h8-10,13,17,20H,4-7,11-12,14-16H2,1-3H3,(H,27,28). The van der Waals surface area contributed by atoms with Gasteiger partial charge in [-0.2, -0.15) is 0 Å². The van der Waals surface area contributed by atoms with Gasteiger partial charge in [0.15, 0.2) is 0 Å². The first-order valence-corrected chi connectivity index (χ1v) is 11.4. The predicted molar refractivity (Wildman–Crippen MR) is 123 cm³/mol. The molecule has 3 aromatic rings. The molecule has 0 saturated carbocycles. The number of benzene rings is 1. The maximum absolute atomic E-state index is 5.95. The molecule has 0 atom stereocenters. The van der Waals surface area contributed by atoms with Gasteiger partial charge in [0.25, 0.3) is 0 Å². The molecule has 5 nitrogen and oxygen atoms in total. The lowest BCUT2D eigenvalue weighted by Crippen LogP contribution is -2.33. The number of imidazole rings is 1. The lowest BCUT2D eigenvalue weighted by atomic mass is 9.92. The number of nitrogens with zero attached hydrogens (tertiary/aromatic N) is 3. The van der Waals surface area contributed by atoms with Crippen LogP contribution in [-0.2, 0) is 0 Å². The van der Waals surface area contributed by atoms with Crippen molar-refractivity contribution in [2.24, 2.45) is 5.92 Å². The summed E-state index contributed by atoms with van der Waals surface area (Å²) in [5.74, 6) is 2.44. The van der Waals surface area contributed by atoms with Crippen LogP contribution in [0.2, 0.25) is 0 Å². The Morgan fingerprint density at radius 1 is 1.13 bits per heavy atom. The number of piperidine rings is 1. The van der Waals surface area contributed by atoms with Crippen LogP contribution in [0.3, 0.4) is 0 Å². The van der Waals surface area contributed by atoms with Crippen LogP contribution in [0, 0.1) is 19.8 Å². The minimum absolute atomic E-state index is 0.678. The highest BCUT2D eigenvalue weighted by molar-refractivity contribution is 5.83. The molecule has 5 heteroatoms. The first kappa shape index (κ1) is 20.9. The third-order valence-corrected chi connectivity index (χ3v) is 6.60. The first-order valence-electron chi connectivity index (χ1n) is 11.4. The fraction of sp³-hybridized carbons (Fsp3) is 0.520. The number of H-pyrrole nitrogens is 1. The molecule has 2 aromatic heterocycles. The topological polar surface area (TPSA) is 54.0 Å². The van der Waals surface area contributed by atoms with Gasteiger partial charge in [0, 0.05) is 17.8 Å². The first-order chi connectivity index (χ1) is 14.6. The molecule has 4 rings (SSSR count). The smallest absolute Gasteiger partial charge is 0.213 e. The van der Waals surface area contributed by atoms with Crippen LogP contribution in [0.1, 0.15) is 50.2 Å². The molecule has 1 N–H and O–H groups in total. The molecule has 30 heavy (non-hydrogen) atoms. The Morgan fingerprint density at radius 2 is 1.97 bits per heavy atom. The van der Waals surface area contributed by atoms with Crippen LogP contribution < -0.4 is 4.74 Å². The summed E-state index contributed by atoms with van der Waals surface area (Å²) in [5.41, 5.74) is 5.60. The number of hydrogen-bond acceptors (Lipinski definition) is 4.